The Morgan fingerprint density at radius 3 is 2.50 bits per heavy atom. The van der Waals surface area contributed by atoms with Crippen molar-refractivity contribution >= 4 is 27.8 Å². The summed E-state index contributed by atoms with van der Waals surface area (Å²) in [5.74, 6) is 2.15. The quantitative estimate of drug-likeness (QED) is 0.328. The number of carbonyl (C=O) groups excluding carboxylic acids is 1. The van der Waals surface area contributed by atoms with Crippen molar-refractivity contribution in [2.45, 2.75) is 19.8 Å². The van der Waals surface area contributed by atoms with Crippen LogP contribution in [-0.2, 0) is 17.6 Å². The van der Waals surface area contributed by atoms with Crippen LogP contribution in [0.4, 0.5) is 0 Å². The Hall–Kier alpha value is -4.46. The molecule has 8 heteroatoms. The molecule has 0 aliphatic rings. The van der Waals surface area contributed by atoms with Gasteiger partial charge >= 0.3 is 5.63 Å². The average Bonchev–Trinajstić information content (AvgIpc) is 3.45. The molecule has 5 rings (SSSR count). The molecule has 0 spiro atoms. The zero-order valence-electron chi connectivity index (χ0n) is 20.3. The number of carbonyl (C=O) groups is 1. The molecule has 2 aromatic carbocycles. The molecular weight excluding hydrogens is 460 g/mol. The van der Waals surface area contributed by atoms with E-state index >= 15 is 0 Å². The summed E-state index contributed by atoms with van der Waals surface area (Å²) in [7, 11) is 3.22. The van der Waals surface area contributed by atoms with Crippen molar-refractivity contribution < 1.29 is 23.1 Å². The van der Waals surface area contributed by atoms with Crippen LogP contribution in [0.25, 0.3) is 33.2 Å². The van der Waals surface area contributed by atoms with Crippen LogP contribution in [0.1, 0.15) is 16.9 Å². The van der Waals surface area contributed by atoms with Crippen LogP contribution in [0.2, 0.25) is 0 Å². The first-order valence-corrected chi connectivity index (χ1v) is 11.6. The number of ether oxygens (including phenoxy) is 2. The average molecular weight is 487 g/mol. The van der Waals surface area contributed by atoms with E-state index in [0.717, 1.165) is 27.8 Å². The van der Waals surface area contributed by atoms with E-state index in [1.165, 1.54) is 0 Å². The fourth-order valence-corrected chi connectivity index (χ4v) is 4.42. The van der Waals surface area contributed by atoms with Crippen LogP contribution >= 0.6 is 0 Å². The lowest BCUT2D eigenvalue weighted by Gasteiger charge is -2.07. The normalized spacial score (nSPS) is 11.2. The van der Waals surface area contributed by atoms with Gasteiger partial charge in [-0.25, -0.2) is 4.79 Å². The number of benzene rings is 2. The zero-order valence-corrected chi connectivity index (χ0v) is 20.3. The third-order valence-corrected chi connectivity index (χ3v) is 6.21. The number of rotatable bonds is 8. The summed E-state index contributed by atoms with van der Waals surface area (Å²) in [5, 5.41) is 4.30. The van der Waals surface area contributed by atoms with Crippen LogP contribution < -0.4 is 20.4 Å². The number of hydrogen-bond donors (Lipinski definition) is 2. The molecule has 0 fully saturated rings. The minimum absolute atomic E-state index is 0.0239. The number of H-pyrrole nitrogens is 1. The number of fused-ring (bicyclic) bond motifs is 2. The fraction of sp³-hybridized carbons (Fsp3) is 0.214. The van der Waals surface area contributed by atoms with Gasteiger partial charge in [0, 0.05) is 40.8 Å². The highest BCUT2D eigenvalue weighted by atomic mass is 16.5. The minimum atomic E-state index is -0.524. The van der Waals surface area contributed by atoms with E-state index in [1.54, 1.807) is 39.3 Å². The van der Waals surface area contributed by atoms with Crippen molar-refractivity contribution in [1.29, 1.82) is 0 Å². The third kappa shape index (κ3) is 4.45. The molecule has 0 unspecified atom stereocenters. The molecule has 0 saturated carbocycles. The van der Waals surface area contributed by atoms with E-state index in [9.17, 15) is 9.59 Å². The molecule has 1 amide bonds. The maximum absolute atomic E-state index is 13.0. The van der Waals surface area contributed by atoms with Gasteiger partial charge < -0.3 is 28.6 Å². The SMILES string of the molecule is COc1ccc(-c2oc3cc(C)oc(=O)c3c2CC(=O)NCCc2c[nH]c3ccc(OC)cc23)cc1. The monoisotopic (exact) mass is 486 g/mol. The van der Waals surface area contributed by atoms with Gasteiger partial charge in [0.25, 0.3) is 0 Å². The number of aromatic nitrogens is 1. The minimum Gasteiger partial charge on any atom is -0.497 e. The molecule has 3 aromatic heterocycles. The predicted octanol–water partition coefficient (Wildman–Crippen LogP) is 4.76. The maximum Gasteiger partial charge on any atom is 0.347 e. The summed E-state index contributed by atoms with van der Waals surface area (Å²) < 4.78 is 21.9. The van der Waals surface area contributed by atoms with E-state index in [-0.39, 0.29) is 17.7 Å². The molecule has 0 aliphatic carbocycles. The summed E-state index contributed by atoms with van der Waals surface area (Å²) >= 11 is 0. The number of aromatic amines is 1. The molecule has 0 radical (unpaired) electrons. The summed E-state index contributed by atoms with van der Waals surface area (Å²) in [4.78, 5) is 28.9. The molecule has 0 aliphatic heterocycles. The number of furan rings is 1. The molecule has 0 atom stereocenters. The molecule has 2 N–H and O–H groups in total. The van der Waals surface area contributed by atoms with E-state index in [1.807, 2.05) is 36.5 Å². The molecule has 0 saturated heterocycles. The van der Waals surface area contributed by atoms with Gasteiger partial charge in [0.05, 0.1) is 20.6 Å². The molecule has 184 valence electrons. The van der Waals surface area contributed by atoms with Gasteiger partial charge in [0.15, 0.2) is 0 Å². The van der Waals surface area contributed by atoms with E-state index < -0.39 is 5.63 Å². The Bertz CT molecular complexity index is 1610. The van der Waals surface area contributed by atoms with Crippen molar-refractivity contribution in [3.8, 4) is 22.8 Å². The van der Waals surface area contributed by atoms with E-state index in [2.05, 4.69) is 10.3 Å². The first-order chi connectivity index (χ1) is 17.5. The Morgan fingerprint density at radius 2 is 1.75 bits per heavy atom. The highest BCUT2D eigenvalue weighted by Gasteiger charge is 2.22. The van der Waals surface area contributed by atoms with Crippen molar-refractivity contribution in [2.24, 2.45) is 0 Å². The number of nitrogens with one attached hydrogen (secondary N) is 2. The van der Waals surface area contributed by atoms with E-state index in [4.69, 9.17) is 18.3 Å². The summed E-state index contributed by atoms with van der Waals surface area (Å²) in [6.07, 6.45) is 2.55. The van der Waals surface area contributed by atoms with Crippen LogP contribution in [-0.4, -0.2) is 31.7 Å². The van der Waals surface area contributed by atoms with E-state index in [0.29, 0.717) is 41.4 Å². The standard InChI is InChI=1S/C28H26N2O6/c1-16-12-24-26(28(32)35-16)22(27(36-24)17-4-6-19(33-2)7-5-17)14-25(31)29-11-10-18-15-30-23-9-8-20(34-3)13-21(18)23/h4-9,12-13,15,30H,10-11,14H2,1-3H3,(H,29,31). The molecule has 0 bridgehead atoms. The Labute approximate surface area is 206 Å². The van der Waals surface area contributed by atoms with Crippen LogP contribution in [0.3, 0.4) is 0 Å². The Balaban J connectivity index is 1.38. The Kier molecular flexibility index (Phi) is 6.25. The zero-order chi connectivity index (χ0) is 25.2. The number of amides is 1. The molecule has 3 heterocycles. The smallest absolute Gasteiger partial charge is 0.347 e. The first kappa shape index (κ1) is 23.3. The second-order valence-corrected chi connectivity index (χ2v) is 8.52. The highest BCUT2D eigenvalue weighted by molar-refractivity contribution is 5.92. The fourth-order valence-electron chi connectivity index (χ4n) is 4.42. The predicted molar refractivity (Wildman–Crippen MR) is 137 cm³/mol. The highest BCUT2D eigenvalue weighted by Crippen LogP contribution is 2.34. The second-order valence-electron chi connectivity index (χ2n) is 8.52. The van der Waals surface area contributed by atoms with Gasteiger partial charge in [-0.05, 0) is 61.4 Å². The van der Waals surface area contributed by atoms with Gasteiger partial charge in [-0.3, -0.25) is 4.79 Å². The van der Waals surface area contributed by atoms with Gasteiger partial charge in [0.1, 0.15) is 34.0 Å². The van der Waals surface area contributed by atoms with Crippen molar-refractivity contribution in [3.63, 3.8) is 0 Å². The lowest BCUT2D eigenvalue weighted by Crippen LogP contribution is -2.27. The van der Waals surface area contributed by atoms with Crippen LogP contribution in [0.15, 0.2) is 68.4 Å². The molecular formula is C28H26N2O6. The molecule has 8 nitrogen and oxygen atoms in total. The number of methoxy groups -OCH3 is 2. The number of aryl methyl sites for hydroxylation is 1. The largest absolute Gasteiger partial charge is 0.497 e. The van der Waals surface area contributed by atoms with Crippen molar-refractivity contribution in [2.75, 3.05) is 20.8 Å². The maximum atomic E-state index is 13.0. The first-order valence-electron chi connectivity index (χ1n) is 11.6. The van der Waals surface area contributed by atoms with Gasteiger partial charge in [-0.2, -0.15) is 0 Å². The van der Waals surface area contributed by atoms with Gasteiger partial charge in [-0.15, -0.1) is 0 Å². The van der Waals surface area contributed by atoms with Crippen LogP contribution in [0, 0.1) is 6.92 Å². The third-order valence-electron chi connectivity index (χ3n) is 6.21. The second kappa shape index (κ2) is 9.65. The van der Waals surface area contributed by atoms with Gasteiger partial charge in [-0.1, -0.05) is 0 Å². The lowest BCUT2D eigenvalue weighted by atomic mass is 10.0. The Morgan fingerprint density at radius 1 is 1.00 bits per heavy atom. The number of hydrogen-bond acceptors (Lipinski definition) is 6. The summed E-state index contributed by atoms with van der Waals surface area (Å²) in [6.45, 7) is 2.12. The summed E-state index contributed by atoms with van der Waals surface area (Å²) in [6, 6.07) is 14.8. The van der Waals surface area contributed by atoms with Crippen molar-refractivity contribution in [3.05, 3.63) is 82.0 Å². The van der Waals surface area contributed by atoms with Crippen molar-refractivity contribution in [1.82, 2.24) is 10.3 Å². The molecule has 5 aromatic rings. The van der Waals surface area contributed by atoms with Crippen LogP contribution in [0.5, 0.6) is 11.5 Å². The lowest BCUT2D eigenvalue weighted by molar-refractivity contribution is -0.120. The topological polar surface area (TPSA) is 107 Å². The van der Waals surface area contributed by atoms with Gasteiger partial charge in [0.2, 0.25) is 5.91 Å². The molecule has 36 heavy (non-hydrogen) atoms. The summed E-state index contributed by atoms with van der Waals surface area (Å²) in [5.41, 5.74) is 3.19.